The maximum atomic E-state index is 12.5. The summed E-state index contributed by atoms with van der Waals surface area (Å²) in [6, 6.07) is 3.20. The molecule has 1 aromatic heterocycles. The molecule has 0 amide bonds. The highest BCUT2D eigenvalue weighted by atomic mass is 32.2. The second-order valence-electron chi connectivity index (χ2n) is 6.48. The summed E-state index contributed by atoms with van der Waals surface area (Å²) < 4.78 is 31.8. The van der Waals surface area contributed by atoms with Crippen LogP contribution in [0.4, 0.5) is 0 Å². The van der Waals surface area contributed by atoms with Crippen LogP contribution in [0.1, 0.15) is 53.2 Å². The minimum atomic E-state index is -3.55. The van der Waals surface area contributed by atoms with Gasteiger partial charge in [-0.2, -0.15) is 4.31 Å². The van der Waals surface area contributed by atoms with E-state index in [0.29, 0.717) is 12.3 Å². The third kappa shape index (κ3) is 5.13. The van der Waals surface area contributed by atoms with Gasteiger partial charge in [0.25, 0.3) is 10.0 Å². The summed E-state index contributed by atoms with van der Waals surface area (Å²) in [6.07, 6.45) is 1.77. The molecular formula is C15H28N2O3S. The Morgan fingerprint density at radius 1 is 1.33 bits per heavy atom. The van der Waals surface area contributed by atoms with E-state index < -0.39 is 10.0 Å². The van der Waals surface area contributed by atoms with E-state index in [0.717, 1.165) is 12.8 Å². The number of rotatable bonds is 7. The van der Waals surface area contributed by atoms with Crippen molar-refractivity contribution in [3.8, 4) is 0 Å². The molecule has 1 N–H and O–H groups in total. The second kappa shape index (κ2) is 6.94. The zero-order valence-corrected chi connectivity index (χ0v) is 14.8. The fraction of sp³-hybridized carbons (Fsp3) is 0.733. The lowest BCUT2D eigenvalue weighted by molar-refractivity contribution is 0.332. The molecule has 1 aromatic rings. The first-order valence-corrected chi connectivity index (χ1v) is 8.83. The third-order valence-electron chi connectivity index (χ3n) is 3.39. The summed E-state index contributed by atoms with van der Waals surface area (Å²) in [5, 5.41) is 3.29. The van der Waals surface area contributed by atoms with Gasteiger partial charge in [0, 0.05) is 18.6 Å². The first-order chi connectivity index (χ1) is 9.58. The Hall–Kier alpha value is -0.850. The van der Waals surface area contributed by atoms with E-state index in [2.05, 4.69) is 5.32 Å². The zero-order valence-electron chi connectivity index (χ0n) is 13.9. The van der Waals surface area contributed by atoms with Gasteiger partial charge in [0.2, 0.25) is 5.09 Å². The first kappa shape index (κ1) is 18.2. The van der Waals surface area contributed by atoms with Crippen LogP contribution in [0.2, 0.25) is 0 Å². The lowest BCUT2D eigenvalue weighted by Crippen LogP contribution is -2.35. The molecule has 5 nitrogen and oxygen atoms in total. The number of hydrogen-bond donors (Lipinski definition) is 1. The first-order valence-electron chi connectivity index (χ1n) is 7.39. The van der Waals surface area contributed by atoms with E-state index in [1.807, 2.05) is 34.6 Å². The molecular weight excluding hydrogens is 288 g/mol. The summed E-state index contributed by atoms with van der Waals surface area (Å²) in [6.45, 7) is 10.6. The smallest absolute Gasteiger partial charge is 0.276 e. The van der Waals surface area contributed by atoms with Gasteiger partial charge in [-0.25, -0.2) is 8.42 Å². The lowest BCUT2D eigenvalue weighted by atomic mass is 10.1. The van der Waals surface area contributed by atoms with Crippen LogP contribution < -0.4 is 5.32 Å². The highest BCUT2D eigenvalue weighted by Crippen LogP contribution is 2.21. The van der Waals surface area contributed by atoms with E-state index in [1.165, 1.54) is 10.4 Å². The van der Waals surface area contributed by atoms with Crippen molar-refractivity contribution in [3.63, 3.8) is 0 Å². The molecule has 0 aliphatic rings. The van der Waals surface area contributed by atoms with Crippen LogP contribution in [-0.4, -0.2) is 31.4 Å². The Morgan fingerprint density at radius 2 is 1.95 bits per heavy atom. The molecule has 1 heterocycles. The quantitative estimate of drug-likeness (QED) is 0.840. The molecule has 0 saturated carbocycles. The molecule has 122 valence electrons. The maximum Gasteiger partial charge on any atom is 0.276 e. The van der Waals surface area contributed by atoms with Gasteiger partial charge < -0.3 is 9.73 Å². The molecule has 21 heavy (non-hydrogen) atoms. The van der Waals surface area contributed by atoms with Gasteiger partial charge in [0.05, 0.1) is 6.54 Å². The molecule has 1 rings (SSSR count). The van der Waals surface area contributed by atoms with E-state index in [-0.39, 0.29) is 16.7 Å². The van der Waals surface area contributed by atoms with Crippen LogP contribution in [0.5, 0.6) is 0 Å². The molecule has 0 aliphatic heterocycles. The highest BCUT2D eigenvalue weighted by molar-refractivity contribution is 7.89. The highest BCUT2D eigenvalue weighted by Gasteiger charge is 2.28. The van der Waals surface area contributed by atoms with Crippen LogP contribution in [0.3, 0.4) is 0 Å². The summed E-state index contributed by atoms with van der Waals surface area (Å²) >= 11 is 0. The van der Waals surface area contributed by atoms with Crippen LogP contribution in [0.25, 0.3) is 0 Å². The molecule has 0 radical (unpaired) electrons. The van der Waals surface area contributed by atoms with Crippen molar-refractivity contribution in [1.82, 2.24) is 9.62 Å². The number of sulfonamides is 1. The Bertz CT molecular complexity index is 544. The van der Waals surface area contributed by atoms with Crippen LogP contribution in [-0.2, 0) is 16.6 Å². The summed E-state index contributed by atoms with van der Waals surface area (Å²) in [4.78, 5) is 0. The van der Waals surface area contributed by atoms with Gasteiger partial charge in [-0.3, -0.25) is 0 Å². The molecule has 0 saturated heterocycles. The maximum absolute atomic E-state index is 12.5. The molecule has 0 fully saturated rings. The predicted octanol–water partition coefficient (Wildman–Crippen LogP) is 2.98. The van der Waals surface area contributed by atoms with E-state index in [1.54, 1.807) is 13.1 Å². The normalized spacial score (nSPS) is 14.6. The number of nitrogens with one attached hydrogen (secondary N) is 1. The van der Waals surface area contributed by atoms with Gasteiger partial charge in [0.15, 0.2) is 0 Å². The minimum Gasteiger partial charge on any atom is -0.447 e. The van der Waals surface area contributed by atoms with Gasteiger partial charge in [-0.1, -0.05) is 13.3 Å². The Kier molecular flexibility index (Phi) is 6.01. The zero-order chi connectivity index (χ0) is 16.3. The van der Waals surface area contributed by atoms with Crippen molar-refractivity contribution >= 4 is 10.0 Å². The summed E-state index contributed by atoms with van der Waals surface area (Å²) in [5.41, 5.74) is -0.0434. The second-order valence-corrected chi connectivity index (χ2v) is 8.41. The van der Waals surface area contributed by atoms with Gasteiger partial charge in [-0.05, 0) is 46.2 Å². The lowest BCUT2D eigenvalue weighted by Gasteiger charge is -2.22. The fourth-order valence-corrected chi connectivity index (χ4v) is 3.24. The summed E-state index contributed by atoms with van der Waals surface area (Å²) in [5.74, 6) is 0.625. The van der Waals surface area contributed by atoms with Gasteiger partial charge in [-0.15, -0.1) is 0 Å². The van der Waals surface area contributed by atoms with E-state index in [9.17, 15) is 8.42 Å². The van der Waals surface area contributed by atoms with Crippen molar-refractivity contribution in [2.75, 3.05) is 7.05 Å². The monoisotopic (exact) mass is 316 g/mol. The minimum absolute atomic E-state index is 0.0127. The number of nitrogens with zero attached hydrogens (tertiary/aromatic N) is 1. The van der Waals surface area contributed by atoms with Crippen molar-refractivity contribution in [2.45, 2.75) is 70.7 Å². The Balaban J connectivity index is 2.83. The average Bonchev–Trinajstić information content (AvgIpc) is 2.84. The largest absolute Gasteiger partial charge is 0.447 e. The third-order valence-corrected chi connectivity index (χ3v) is 5.24. The fourth-order valence-electron chi connectivity index (χ4n) is 1.92. The Labute approximate surface area is 128 Å². The molecule has 0 spiro atoms. The standard InChI is InChI=1S/C15H28N2O3S/c1-7-8-12(2)17(6)21(18,19)14-10-9-13(20-14)11-16-15(3,4)5/h9-10,12,16H,7-8,11H2,1-6H3. The average molecular weight is 316 g/mol. The van der Waals surface area contributed by atoms with Gasteiger partial charge in [0.1, 0.15) is 5.76 Å². The van der Waals surface area contributed by atoms with Crippen LogP contribution >= 0.6 is 0 Å². The molecule has 6 heteroatoms. The molecule has 0 aromatic carbocycles. The van der Waals surface area contributed by atoms with Crippen LogP contribution in [0.15, 0.2) is 21.6 Å². The SMILES string of the molecule is CCCC(C)N(C)S(=O)(=O)c1ccc(CNC(C)(C)C)o1. The van der Waals surface area contributed by atoms with Crippen molar-refractivity contribution in [2.24, 2.45) is 0 Å². The van der Waals surface area contributed by atoms with Crippen molar-refractivity contribution in [1.29, 1.82) is 0 Å². The van der Waals surface area contributed by atoms with Crippen molar-refractivity contribution < 1.29 is 12.8 Å². The van der Waals surface area contributed by atoms with Gasteiger partial charge >= 0.3 is 0 Å². The Morgan fingerprint density at radius 3 is 2.48 bits per heavy atom. The van der Waals surface area contributed by atoms with E-state index in [4.69, 9.17) is 4.42 Å². The molecule has 0 aliphatic carbocycles. The predicted molar refractivity (Wildman–Crippen MR) is 84.6 cm³/mol. The van der Waals surface area contributed by atoms with E-state index >= 15 is 0 Å². The molecule has 1 atom stereocenters. The number of hydrogen-bond acceptors (Lipinski definition) is 4. The van der Waals surface area contributed by atoms with Crippen molar-refractivity contribution in [3.05, 3.63) is 17.9 Å². The summed E-state index contributed by atoms with van der Waals surface area (Å²) in [7, 11) is -1.95. The number of furan rings is 1. The molecule has 1 unspecified atom stereocenters. The topological polar surface area (TPSA) is 62.6 Å². The van der Waals surface area contributed by atoms with Crippen LogP contribution in [0, 0.1) is 0 Å². The molecule has 0 bridgehead atoms.